The van der Waals surface area contributed by atoms with Gasteiger partial charge in [-0.2, -0.15) is 0 Å². The maximum absolute atomic E-state index is 12.1. The minimum absolute atomic E-state index is 0.149. The van der Waals surface area contributed by atoms with Gasteiger partial charge in [0.25, 0.3) is 0 Å². The molecule has 1 aromatic heterocycles. The van der Waals surface area contributed by atoms with Crippen LogP contribution in [0.5, 0.6) is 0 Å². The fourth-order valence-electron chi connectivity index (χ4n) is 2.59. The summed E-state index contributed by atoms with van der Waals surface area (Å²) in [4.78, 5) is 17.7. The molecule has 1 saturated heterocycles. The van der Waals surface area contributed by atoms with Crippen LogP contribution < -0.4 is 10.6 Å². The van der Waals surface area contributed by atoms with Gasteiger partial charge >= 0.3 is 0 Å². The summed E-state index contributed by atoms with van der Waals surface area (Å²) in [6.07, 6.45) is 0.716. The zero-order chi connectivity index (χ0) is 16.4. The molecule has 23 heavy (non-hydrogen) atoms. The highest BCUT2D eigenvalue weighted by atomic mass is 35.5. The minimum Gasteiger partial charge on any atom is -0.392 e. The highest BCUT2D eigenvalue weighted by molar-refractivity contribution is 7.15. The number of aliphatic hydroxyl groups excluding tert-OH is 1. The number of carbonyl (C=O) groups is 1. The second-order valence-electron chi connectivity index (χ2n) is 5.67. The van der Waals surface area contributed by atoms with Gasteiger partial charge in [-0.05, 0) is 31.0 Å². The van der Waals surface area contributed by atoms with Crippen LogP contribution in [-0.4, -0.2) is 34.7 Å². The standard InChI is InChI=1S/C16H18ClN3O2S/c1-9-14(6-10-3-2-4-11(17)5-10)23-16(19-9)20-15(22)13-7-12(21)8-18-13/h2-5,12-13,18,21H,6-8H2,1H3,(H,19,20,22)/t12-,13+/m0/s1. The molecule has 0 saturated carbocycles. The van der Waals surface area contributed by atoms with Gasteiger partial charge in [-0.25, -0.2) is 4.98 Å². The van der Waals surface area contributed by atoms with Crippen LogP contribution in [0.15, 0.2) is 24.3 Å². The molecule has 0 unspecified atom stereocenters. The number of hydrogen-bond acceptors (Lipinski definition) is 5. The van der Waals surface area contributed by atoms with Gasteiger partial charge in [0.2, 0.25) is 5.91 Å². The number of nitrogens with zero attached hydrogens (tertiary/aromatic N) is 1. The van der Waals surface area contributed by atoms with E-state index >= 15 is 0 Å². The Morgan fingerprint density at radius 1 is 1.57 bits per heavy atom. The van der Waals surface area contributed by atoms with Crippen molar-refractivity contribution in [3.8, 4) is 0 Å². The number of anilines is 1. The van der Waals surface area contributed by atoms with Crippen LogP contribution in [-0.2, 0) is 11.2 Å². The Morgan fingerprint density at radius 2 is 2.39 bits per heavy atom. The van der Waals surface area contributed by atoms with E-state index < -0.39 is 6.10 Å². The Morgan fingerprint density at radius 3 is 3.09 bits per heavy atom. The van der Waals surface area contributed by atoms with Crippen LogP contribution in [0.1, 0.15) is 22.6 Å². The molecule has 1 fully saturated rings. The number of rotatable bonds is 4. The average Bonchev–Trinajstić information content (AvgIpc) is 3.06. The highest BCUT2D eigenvalue weighted by Crippen LogP contribution is 2.26. The van der Waals surface area contributed by atoms with E-state index in [0.717, 1.165) is 22.6 Å². The number of aryl methyl sites for hydroxylation is 1. The first-order valence-electron chi connectivity index (χ1n) is 7.44. The predicted octanol–water partition coefficient (Wildman–Crippen LogP) is 2.36. The van der Waals surface area contributed by atoms with E-state index in [9.17, 15) is 9.90 Å². The van der Waals surface area contributed by atoms with Crippen molar-refractivity contribution in [2.45, 2.75) is 31.9 Å². The molecule has 3 N–H and O–H groups in total. The van der Waals surface area contributed by atoms with E-state index in [-0.39, 0.29) is 11.9 Å². The summed E-state index contributed by atoms with van der Waals surface area (Å²) >= 11 is 7.48. The average molecular weight is 352 g/mol. The number of benzene rings is 1. The van der Waals surface area contributed by atoms with Crippen molar-refractivity contribution in [3.63, 3.8) is 0 Å². The molecular formula is C16H18ClN3O2S. The van der Waals surface area contributed by atoms with Crippen molar-refractivity contribution < 1.29 is 9.90 Å². The third-order valence-electron chi connectivity index (χ3n) is 3.80. The second-order valence-corrected chi connectivity index (χ2v) is 7.19. The van der Waals surface area contributed by atoms with E-state index in [1.807, 2.05) is 31.2 Å². The molecule has 2 aromatic rings. The van der Waals surface area contributed by atoms with E-state index in [2.05, 4.69) is 15.6 Å². The normalized spacial score (nSPS) is 20.7. The number of halogens is 1. The van der Waals surface area contributed by atoms with Crippen LogP contribution in [0.4, 0.5) is 5.13 Å². The molecule has 122 valence electrons. The number of β-amino-alcohol motifs (C(OH)–C–C–N with tert-alkyl or cyclic N) is 1. The van der Waals surface area contributed by atoms with Crippen LogP contribution in [0.25, 0.3) is 0 Å². The number of carbonyl (C=O) groups excluding carboxylic acids is 1. The van der Waals surface area contributed by atoms with E-state index in [1.165, 1.54) is 11.3 Å². The van der Waals surface area contributed by atoms with Gasteiger partial charge in [-0.15, -0.1) is 11.3 Å². The second kappa shape index (κ2) is 6.97. The summed E-state index contributed by atoms with van der Waals surface area (Å²) in [5.41, 5.74) is 2.02. The number of aromatic nitrogens is 1. The number of thiazole rings is 1. The Bertz CT molecular complexity index is 719. The minimum atomic E-state index is -0.456. The van der Waals surface area contributed by atoms with Gasteiger partial charge in [-0.1, -0.05) is 23.7 Å². The number of amides is 1. The molecule has 0 bridgehead atoms. The van der Waals surface area contributed by atoms with Gasteiger partial charge < -0.3 is 15.7 Å². The monoisotopic (exact) mass is 351 g/mol. The number of nitrogens with one attached hydrogen (secondary N) is 2. The van der Waals surface area contributed by atoms with E-state index in [0.29, 0.717) is 23.1 Å². The topological polar surface area (TPSA) is 74.2 Å². The summed E-state index contributed by atoms with van der Waals surface area (Å²) < 4.78 is 0. The molecular weight excluding hydrogens is 334 g/mol. The highest BCUT2D eigenvalue weighted by Gasteiger charge is 2.28. The van der Waals surface area contributed by atoms with Crippen molar-refractivity contribution >= 4 is 34.0 Å². The van der Waals surface area contributed by atoms with Crippen LogP contribution in [0, 0.1) is 6.92 Å². The first-order chi connectivity index (χ1) is 11.0. The van der Waals surface area contributed by atoms with E-state index in [1.54, 1.807) is 0 Å². The molecule has 2 atom stereocenters. The number of aliphatic hydroxyl groups is 1. The van der Waals surface area contributed by atoms with Crippen molar-refractivity contribution in [1.29, 1.82) is 0 Å². The SMILES string of the molecule is Cc1nc(NC(=O)[C@H]2C[C@H](O)CN2)sc1Cc1cccc(Cl)c1. The molecule has 0 aliphatic carbocycles. The van der Waals surface area contributed by atoms with Gasteiger partial charge in [0.1, 0.15) is 0 Å². The summed E-state index contributed by atoms with van der Waals surface area (Å²) in [6, 6.07) is 7.37. The molecule has 0 spiro atoms. The smallest absolute Gasteiger partial charge is 0.243 e. The van der Waals surface area contributed by atoms with Crippen LogP contribution in [0.3, 0.4) is 0 Å². The third-order valence-corrected chi connectivity index (χ3v) is 5.11. The van der Waals surface area contributed by atoms with Crippen molar-refractivity contribution in [3.05, 3.63) is 45.4 Å². The van der Waals surface area contributed by atoms with Gasteiger partial charge in [0.05, 0.1) is 17.8 Å². The Hall–Kier alpha value is -1.47. The molecule has 1 amide bonds. The molecule has 0 radical (unpaired) electrons. The molecule has 3 rings (SSSR count). The molecule has 7 heteroatoms. The number of hydrogen-bond donors (Lipinski definition) is 3. The zero-order valence-electron chi connectivity index (χ0n) is 12.7. The lowest BCUT2D eigenvalue weighted by Gasteiger charge is -2.08. The van der Waals surface area contributed by atoms with Crippen molar-refractivity contribution in [2.75, 3.05) is 11.9 Å². The summed E-state index contributed by atoms with van der Waals surface area (Å²) in [6.45, 7) is 2.39. The zero-order valence-corrected chi connectivity index (χ0v) is 14.2. The summed E-state index contributed by atoms with van der Waals surface area (Å²) in [5.74, 6) is -0.149. The molecule has 5 nitrogen and oxygen atoms in total. The maximum Gasteiger partial charge on any atom is 0.243 e. The predicted molar refractivity (Wildman–Crippen MR) is 92.2 cm³/mol. The van der Waals surface area contributed by atoms with Gasteiger partial charge in [0.15, 0.2) is 5.13 Å². The summed E-state index contributed by atoms with van der Waals surface area (Å²) in [5, 5.41) is 16.6. The molecule has 2 heterocycles. The third kappa shape index (κ3) is 4.09. The first-order valence-corrected chi connectivity index (χ1v) is 8.64. The van der Waals surface area contributed by atoms with E-state index in [4.69, 9.17) is 11.6 Å². The Kier molecular flexibility index (Phi) is 4.96. The lowest BCUT2D eigenvalue weighted by atomic mass is 10.1. The largest absolute Gasteiger partial charge is 0.392 e. The Labute approximate surface area is 143 Å². The van der Waals surface area contributed by atoms with Gasteiger partial charge in [-0.3, -0.25) is 4.79 Å². The molecule has 1 aromatic carbocycles. The summed E-state index contributed by atoms with van der Waals surface area (Å²) in [7, 11) is 0. The van der Waals surface area contributed by atoms with Crippen LogP contribution >= 0.6 is 22.9 Å². The fourth-order valence-corrected chi connectivity index (χ4v) is 3.80. The maximum atomic E-state index is 12.1. The molecule has 1 aliphatic heterocycles. The quantitative estimate of drug-likeness (QED) is 0.790. The van der Waals surface area contributed by atoms with Crippen molar-refractivity contribution in [1.82, 2.24) is 10.3 Å². The fraction of sp³-hybridized carbons (Fsp3) is 0.375. The lowest BCUT2D eigenvalue weighted by molar-refractivity contribution is -0.117. The van der Waals surface area contributed by atoms with Gasteiger partial charge in [0, 0.05) is 22.9 Å². The Balaban J connectivity index is 1.67. The molecule has 1 aliphatic rings. The van der Waals surface area contributed by atoms with Crippen molar-refractivity contribution in [2.24, 2.45) is 0 Å². The van der Waals surface area contributed by atoms with Crippen LogP contribution in [0.2, 0.25) is 5.02 Å². The lowest BCUT2D eigenvalue weighted by Crippen LogP contribution is -2.35. The first kappa shape index (κ1) is 16.4.